The van der Waals surface area contributed by atoms with Gasteiger partial charge in [-0.1, -0.05) is 50.0 Å². The van der Waals surface area contributed by atoms with Gasteiger partial charge in [-0.3, -0.25) is 0 Å². The second kappa shape index (κ2) is 5.76. The van der Waals surface area contributed by atoms with E-state index in [0.717, 1.165) is 6.61 Å². The minimum absolute atomic E-state index is 0.846. The van der Waals surface area contributed by atoms with Gasteiger partial charge in [-0.05, 0) is 17.7 Å². The summed E-state index contributed by atoms with van der Waals surface area (Å²) < 4.78 is 5.47. The van der Waals surface area contributed by atoms with Crippen molar-refractivity contribution >= 4 is 14.1 Å². The first-order valence-electron chi connectivity index (χ1n) is 5.41. The molecular weight excluding hydrogens is 200 g/mol. The first kappa shape index (κ1) is 12.0. The van der Waals surface area contributed by atoms with Crippen molar-refractivity contribution in [2.75, 3.05) is 6.61 Å². The predicted octanol–water partition coefficient (Wildman–Crippen LogP) is 4.01. The van der Waals surface area contributed by atoms with Crippen molar-refractivity contribution in [1.29, 1.82) is 0 Å². The van der Waals surface area contributed by atoms with E-state index in [4.69, 9.17) is 4.74 Å². The Kier molecular flexibility index (Phi) is 4.63. The van der Waals surface area contributed by atoms with Gasteiger partial charge in [-0.15, -0.1) is 0 Å². The lowest BCUT2D eigenvalue weighted by Crippen LogP contribution is -2.20. The monoisotopic (exact) mass is 220 g/mol. The molecule has 0 spiro atoms. The number of hydrogen-bond acceptors (Lipinski definition) is 1. The highest BCUT2D eigenvalue weighted by Crippen LogP contribution is 2.08. The van der Waals surface area contributed by atoms with Gasteiger partial charge in [0.25, 0.3) is 0 Å². The Hall–Kier alpha value is -1.02. The van der Waals surface area contributed by atoms with Crippen LogP contribution < -0.4 is 0 Å². The minimum Gasteiger partial charge on any atom is -0.501 e. The Morgan fingerprint density at radius 1 is 1.13 bits per heavy atom. The van der Waals surface area contributed by atoms with Crippen LogP contribution >= 0.6 is 0 Å². The molecule has 0 saturated heterocycles. The Morgan fingerprint density at radius 3 is 2.40 bits per heavy atom. The fraction of sp³-hybridized carbons (Fsp3) is 0.385. The molecule has 0 aromatic heterocycles. The van der Waals surface area contributed by atoms with Crippen molar-refractivity contribution in [2.45, 2.75) is 25.7 Å². The Bertz CT molecular complexity index is 298. The van der Waals surface area contributed by atoms with Crippen LogP contribution in [0.2, 0.25) is 25.7 Å². The molecule has 1 nitrogen and oxygen atoms in total. The van der Waals surface area contributed by atoms with Crippen molar-refractivity contribution in [1.82, 2.24) is 0 Å². The molecule has 0 aliphatic carbocycles. The summed E-state index contributed by atoms with van der Waals surface area (Å²) in [5.41, 5.74) is 1.19. The van der Waals surface area contributed by atoms with Crippen LogP contribution in [-0.2, 0) is 4.74 Å². The van der Waals surface area contributed by atoms with Gasteiger partial charge in [0, 0.05) is 8.07 Å². The normalized spacial score (nSPS) is 11.9. The maximum atomic E-state index is 5.47. The van der Waals surface area contributed by atoms with E-state index in [-0.39, 0.29) is 0 Å². The van der Waals surface area contributed by atoms with Gasteiger partial charge in [0.15, 0.2) is 0 Å². The van der Waals surface area contributed by atoms with Crippen LogP contribution in [0.4, 0.5) is 0 Å². The van der Waals surface area contributed by atoms with Crippen molar-refractivity contribution in [3.63, 3.8) is 0 Å². The third-order valence-corrected chi connectivity index (χ3v) is 3.83. The molecule has 1 aromatic rings. The topological polar surface area (TPSA) is 9.23 Å². The molecule has 1 rings (SSSR count). The molecule has 0 fully saturated rings. The molecule has 0 aliphatic rings. The molecule has 0 radical (unpaired) electrons. The number of ether oxygens (including phenoxy) is 1. The number of rotatable bonds is 5. The maximum Gasteiger partial charge on any atom is 0.0849 e. The number of benzene rings is 1. The molecule has 82 valence electrons. The van der Waals surface area contributed by atoms with Gasteiger partial charge in [0.1, 0.15) is 0 Å². The van der Waals surface area contributed by atoms with Crippen LogP contribution in [0, 0.1) is 0 Å². The summed E-state index contributed by atoms with van der Waals surface area (Å²) in [4.78, 5) is 0. The molecule has 15 heavy (non-hydrogen) atoms. The zero-order valence-corrected chi connectivity index (χ0v) is 10.9. The molecule has 2 heteroatoms. The summed E-state index contributed by atoms with van der Waals surface area (Å²) >= 11 is 0. The predicted molar refractivity (Wildman–Crippen MR) is 69.6 cm³/mol. The van der Waals surface area contributed by atoms with Crippen molar-refractivity contribution in [2.24, 2.45) is 0 Å². The van der Waals surface area contributed by atoms with Crippen LogP contribution in [0.15, 0.2) is 36.6 Å². The summed E-state index contributed by atoms with van der Waals surface area (Å²) in [7, 11) is -0.945. The number of hydrogen-bond donors (Lipinski definition) is 0. The van der Waals surface area contributed by atoms with Crippen LogP contribution in [0.1, 0.15) is 5.56 Å². The second-order valence-electron chi connectivity index (χ2n) is 4.89. The van der Waals surface area contributed by atoms with Crippen LogP contribution in [0.5, 0.6) is 0 Å². The van der Waals surface area contributed by atoms with E-state index in [1.165, 1.54) is 11.6 Å². The fourth-order valence-electron chi connectivity index (χ4n) is 1.12. The average Bonchev–Trinajstić information content (AvgIpc) is 2.17. The van der Waals surface area contributed by atoms with E-state index < -0.39 is 8.07 Å². The second-order valence-corrected chi connectivity index (χ2v) is 10.5. The minimum atomic E-state index is -0.945. The first-order chi connectivity index (χ1) is 7.08. The highest BCUT2D eigenvalue weighted by molar-refractivity contribution is 6.76. The van der Waals surface area contributed by atoms with Gasteiger partial charge in [0.05, 0.1) is 12.9 Å². The maximum absolute atomic E-state index is 5.47. The quantitative estimate of drug-likeness (QED) is 0.414. The molecule has 0 atom stereocenters. The standard InChI is InChI=1S/C13H20OSi/c1-15(2,3)12-11-14-10-9-13-7-5-4-6-8-13/h4-10H,11-12H2,1-3H3/b10-9+. The summed E-state index contributed by atoms with van der Waals surface area (Å²) in [6.07, 6.45) is 3.81. The Morgan fingerprint density at radius 2 is 1.80 bits per heavy atom. The van der Waals surface area contributed by atoms with Gasteiger partial charge >= 0.3 is 0 Å². The smallest absolute Gasteiger partial charge is 0.0849 e. The summed E-state index contributed by atoms with van der Waals surface area (Å²) in [6, 6.07) is 11.4. The van der Waals surface area contributed by atoms with Gasteiger partial charge in [0.2, 0.25) is 0 Å². The van der Waals surface area contributed by atoms with E-state index in [1.54, 1.807) is 6.26 Å². The third kappa shape index (κ3) is 6.13. The lowest BCUT2D eigenvalue weighted by Gasteiger charge is -2.14. The average molecular weight is 220 g/mol. The molecule has 0 N–H and O–H groups in total. The van der Waals surface area contributed by atoms with E-state index in [9.17, 15) is 0 Å². The molecule has 0 bridgehead atoms. The third-order valence-electron chi connectivity index (χ3n) is 2.13. The molecule has 0 unspecified atom stereocenters. The van der Waals surface area contributed by atoms with Crippen LogP contribution in [0.3, 0.4) is 0 Å². The van der Waals surface area contributed by atoms with E-state index in [2.05, 4.69) is 31.8 Å². The van der Waals surface area contributed by atoms with E-state index in [0.29, 0.717) is 0 Å². The highest BCUT2D eigenvalue weighted by atomic mass is 28.3. The Balaban J connectivity index is 2.24. The van der Waals surface area contributed by atoms with Gasteiger partial charge in [-0.2, -0.15) is 0 Å². The zero-order valence-electron chi connectivity index (χ0n) is 9.86. The van der Waals surface area contributed by atoms with E-state index >= 15 is 0 Å². The molecular formula is C13H20OSi. The first-order valence-corrected chi connectivity index (χ1v) is 9.12. The van der Waals surface area contributed by atoms with Crippen LogP contribution in [-0.4, -0.2) is 14.7 Å². The molecule has 0 saturated carbocycles. The Labute approximate surface area is 93.8 Å². The van der Waals surface area contributed by atoms with Crippen molar-refractivity contribution < 1.29 is 4.74 Å². The molecule has 1 aromatic carbocycles. The lowest BCUT2D eigenvalue weighted by molar-refractivity contribution is 0.270. The molecule has 0 aliphatic heterocycles. The summed E-state index contributed by atoms with van der Waals surface area (Å²) in [6.45, 7) is 7.92. The summed E-state index contributed by atoms with van der Waals surface area (Å²) in [5.74, 6) is 0. The van der Waals surface area contributed by atoms with Crippen LogP contribution in [0.25, 0.3) is 6.08 Å². The van der Waals surface area contributed by atoms with Gasteiger partial charge in [-0.25, -0.2) is 0 Å². The molecule has 0 amide bonds. The van der Waals surface area contributed by atoms with Gasteiger partial charge < -0.3 is 4.74 Å². The highest BCUT2D eigenvalue weighted by Gasteiger charge is 2.11. The summed E-state index contributed by atoms with van der Waals surface area (Å²) in [5, 5.41) is 0. The SMILES string of the molecule is C[Si](C)(C)CCO/C=C/c1ccccc1. The van der Waals surface area contributed by atoms with Crippen molar-refractivity contribution in [3.8, 4) is 0 Å². The lowest BCUT2D eigenvalue weighted by atomic mass is 10.2. The zero-order chi connectivity index (χ0) is 11.1. The van der Waals surface area contributed by atoms with E-state index in [1.807, 2.05) is 24.3 Å². The fourth-order valence-corrected chi connectivity index (χ4v) is 1.85. The molecule has 0 heterocycles. The van der Waals surface area contributed by atoms with Crippen molar-refractivity contribution in [3.05, 3.63) is 42.2 Å². The largest absolute Gasteiger partial charge is 0.501 e.